The van der Waals surface area contributed by atoms with Crippen LogP contribution in [0.5, 0.6) is 0 Å². The molecule has 0 N–H and O–H groups in total. The van der Waals surface area contributed by atoms with E-state index in [1.54, 1.807) is 0 Å². The predicted molar refractivity (Wildman–Crippen MR) is 47.1 cm³/mol. The molecule has 10 heavy (non-hydrogen) atoms. The third-order valence-electron chi connectivity index (χ3n) is 1.30. The second-order valence-electron chi connectivity index (χ2n) is 2.06. The van der Waals surface area contributed by atoms with Gasteiger partial charge >= 0.3 is 0 Å². The van der Waals surface area contributed by atoms with Gasteiger partial charge in [-0.2, -0.15) is 8.42 Å². The van der Waals surface area contributed by atoms with Gasteiger partial charge in [0.15, 0.2) is 0 Å². The zero-order valence-electron chi connectivity index (χ0n) is 5.70. The summed E-state index contributed by atoms with van der Waals surface area (Å²) in [5, 5.41) is 2.21. The molecule has 5 heteroatoms. The average Bonchev–Trinajstić information content (AvgIpc) is 2.13. The summed E-state index contributed by atoms with van der Waals surface area (Å²) in [6.45, 7) is 3.99. The van der Waals surface area contributed by atoms with Crippen molar-refractivity contribution >= 4 is 28.5 Å². The van der Waals surface area contributed by atoms with Crippen molar-refractivity contribution in [3.63, 3.8) is 0 Å². The minimum Gasteiger partial charge on any atom is -0.177 e. The molecule has 0 spiro atoms. The number of rotatable bonds is 0. The van der Waals surface area contributed by atoms with Crippen LogP contribution in [0.4, 0.5) is 0 Å². The first-order valence-corrected chi connectivity index (χ1v) is 7.07. The summed E-state index contributed by atoms with van der Waals surface area (Å²) in [6, 6.07) is 0. The largest absolute Gasteiger partial charge is 0.254 e. The summed E-state index contributed by atoms with van der Waals surface area (Å²) in [5.74, 6) is 0. The summed E-state index contributed by atoms with van der Waals surface area (Å²) in [5.41, 5.74) is 1.18. The van der Waals surface area contributed by atoms with Crippen molar-refractivity contribution in [2.75, 3.05) is 0 Å². The normalized spacial score (nSPS) is 32.0. The van der Waals surface area contributed by atoms with Crippen LogP contribution in [-0.4, -0.2) is 13.7 Å². The van der Waals surface area contributed by atoms with Gasteiger partial charge in [0.05, 0.1) is 0 Å². The SMILES string of the molecule is CC1=CS(=S(=O)=O)SC1C. The summed E-state index contributed by atoms with van der Waals surface area (Å²) in [7, 11) is -0.982. The molecule has 2 atom stereocenters. The second-order valence-corrected chi connectivity index (χ2v) is 8.31. The molecule has 0 saturated carbocycles. The topological polar surface area (TPSA) is 34.1 Å². The Hall–Kier alpha value is 0.260. The van der Waals surface area contributed by atoms with Gasteiger partial charge in [-0.15, -0.1) is 0 Å². The van der Waals surface area contributed by atoms with Crippen LogP contribution in [0.2, 0.25) is 0 Å². The van der Waals surface area contributed by atoms with E-state index in [1.807, 2.05) is 19.3 Å². The predicted octanol–water partition coefficient (Wildman–Crippen LogP) is 1.35. The Balaban J connectivity index is 3.08. The quantitative estimate of drug-likeness (QED) is 0.548. The second kappa shape index (κ2) is 3.11. The van der Waals surface area contributed by atoms with Gasteiger partial charge in [-0.1, -0.05) is 16.4 Å². The first-order chi connectivity index (χ1) is 4.61. The van der Waals surface area contributed by atoms with Gasteiger partial charge in [-0.25, -0.2) is 0 Å². The van der Waals surface area contributed by atoms with E-state index in [2.05, 4.69) is 0 Å². The molecule has 0 aromatic carbocycles. The maximum Gasteiger partial charge on any atom is 0.254 e. The summed E-state index contributed by atoms with van der Waals surface area (Å²) in [6.07, 6.45) is 0. The van der Waals surface area contributed by atoms with Crippen LogP contribution >= 0.6 is 10.8 Å². The van der Waals surface area contributed by atoms with Crippen molar-refractivity contribution in [1.82, 2.24) is 0 Å². The van der Waals surface area contributed by atoms with Crippen molar-refractivity contribution in [3.8, 4) is 0 Å². The Morgan fingerprint density at radius 2 is 2.30 bits per heavy atom. The fourth-order valence-electron chi connectivity index (χ4n) is 0.565. The van der Waals surface area contributed by atoms with E-state index in [4.69, 9.17) is 0 Å². The van der Waals surface area contributed by atoms with Crippen LogP contribution in [0.1, 0.15) is 13.8 Å². The van der Waals surface area contributed by atoms with Gasteiger partial charge in [0, 0.05) is 13.7 Å². The first-order valence-electron chi connectivity index (χ1n) is 2.79. The van der Waals surface area contributed by atoms with Gasteiger partial charge < -0.3 is 0 Å². The molecule has 2 unspecified atom stereocenters. The van der Waals surface area contributed by atoms with E-state index < -0.39 is 17.7 Å². The average molecular weight is 196 g/mol. The van der Waals surface area contributed by atoms with Crippen molar-refractivity contribution in [2.45, 2.75) is 19.1 Å². The first kappa shape index (κ1) is 8.36. The highest BCUT2D eigenvalue weighted by Gasteiger charge is 2.15. The maximum absolute atomic E-state index is 10.4. The molecule has 1 aliphatic heterocycles. The highest BCUT2D eigenvalue weighted by atomic mass is 33.3. The van der Waals surface area contributed by atoms with Crippen LogP contribution in [0.25, 0.3) is 0 Å². The molecule has 0 bridgehead atoms. The Labute approximate surface area is 67.2 Å². The minimum atomic E-state index is -1.92. The molecular formula is C5H8O2S3. The lowest BCUT2D eigenvalue weighted by Gasteiger charge is -1.97. The zero-order chi connectivity index (χ0) is 7.72. The van der Waals surface area contributed by atoms with Crippen molar-refractivity contribution in [1.29, 1.82) is 0 Å². The molecule has 0 aliphatic carbocycles. The molecular weight excluding hydrogens is 188 g/mol. The standard InChI is InChI=1S/C5H8O2S3/c1-4-3-9(10(6)7)8-5(4)2/h3,5H,1-2H3. The Kier molecular flexibility index (Phi) is 2.60. The van der Waals surface area contributed by atoms with Crippen LogP contribution in [-0.2, 0) is 17.7 Å². The summed E-state index contributed by atoms with van der Waals surface area (Å²) >= 11 is 0. The van der Waals surface area contributed by atoms with E-state index in [-0.39, 0.29) is 0 Å². The molecule has 0 saturated heterocycles. The number of hydrogen-bond acceptors (Lipinski definition) is 3. The molecule has 0 radical (unpaired) electrons. The molecule has 1 aliphatic rings. The van der Waals surface area contributed by atoms with Gasteiger partial charge in [0.2, 0.25) is 0 Å². The van der Waals surface area contributed by atoms with Gasteiger partial charge in [-0.3, -0.25) is 0 Å². The molecule has 0 fully saturated rings. The lowest BCUT2D eigenvalue weighted by molar-refractivity contribution is 0.628. The van der Waals surface area contributed by atoms with Crippen molar-refractivity contribution in [2.24, 2.45) is 0 Å². The fraction of sp³-hybridized carbons (Fsp3) is 0.600. The molecule has 0 amide bonds. The third kappa shape index (κ3) is 1.65. The van der Waals surface area contributed by atoms with E-state index >= 15 is 0 Å². The highest BCUT2D eigenvalue weighted by molar-refractivity contribution is 8.85. The lowest BCUT2D eigenvalue weighted by atomic mass is 10.3. The Morgan fingerprint density at radius 1 is 1.70 bits per heavy atom. The van der Waals surface area contributed by atoms with Crippen LogP contribution in [0, 0.1) is 0 Å². The lowest BCUT2D eigenvalue weighted by Crippen LogP contribution is -1.89. The highest BCUT2D eigenvalue weighted by Crippen LogP contribution is 2.31. The van der Waals surface area contributed by atoms with Gasteiger partial charge in [-0.05, 0) is 19.3 Å². The molecule has 0 aromatic heterocycles. The van der Waals surface area contributed by atoms with Crippen LogP contribution < -0.4 is 0 Å². The Bertz CT molecular complexity index is 291. The van der Waals surface area contributed by atoms with E-state index in [0.29, 0.717) is 5.25 Å². The smallest absolute Gasteiger partial charge is 0.177 e. The molecule has 2 nitrogen and oxygen atoms in total. The van der Waals surface area contributed by atoms with Crippen LogP contribution in [0.3, 0.4) is 0 Å². The van der Waals surface area contributed by atoms with Crippen molar-refractivity contribution < 1.29 is 8.42 Å². The van der Waals surface area contributed by atoms with E-state index in [0.717, 1.165) is 0 Å². The number of hydrogen-bond donors (Lipinski definition) is 0. The monoisotopic (exact) mass is 196 g/mol. The third-order valence-corrected chi connectivity index (χ3v) is 7.50. The summed E-state index contributed by atoms with van der Waals surface area (Å²) < 4.78 is 20.9. The van der Waals surface area contributed by atoms with Crippen molar-refractivity contribution in [3.05, 3.63) is 11.0 Å². The summed E-state index contributed by atoms with van der Waals surface area (Å²) in [4.78, 5) is 0. The molecule has 1 heterocycles. The van der Waals surface area contributed by atoms with Gasteiger partial charge in [0.1, 0.15) is 0 Å². The van der Waals surface area contributed by atoms with Crippen LogP contribution in [0.15, 0.2) is 11.0 Å². The van der Waals surface area contributed by atoms with Gasteiger partial charge in [0.25, 0.3) is 9.26 Å². The zero-order valence-corrected chi connectivity index (χ0v) is 8.15. The maximum atomic E-state index is 10.4. The van der Waals surface area contributed by atoms with E-state index in [1.165, 1.54) is 16.4 Å². The fourth-order valence-corrected chi connectivity index (χ4v) is 6.31. The molecule has 0 aromatic rings. The molecule has 1 rings (SSSR count). The van der Waals surface area contributed by atoms with E-state index in [9.17, 15) is 8.42 Å². The molecule has 58 valence electrons. The Morgan fingerprint density at radius 3 is 2.50 bits per heavy atom. The minimum absolute atomic E-state index is 0.376.